The summed E-state index contributed by atoms with van der Waals surface area (Å²) in [6.45, 7) is -0.216. The van der Waals surface area contributed by atoms with Crippen molar-refractivity contribution >= 4 is 11.8 Å². The number of carboxylic acids is 1. The zero-order valence-corrected chi connectivity index (χ0v) is 20.3. The molecule has 3 aromatic rings. The van der Waals surface area contributed by atoms with Crippen LogP contribution in [-0.2, 0) is 17.5 Å². The molecule has 1 aliphatic rings. The number of alkyl halides is 3. The molecule has 4 rings (SSSR count). The molecule has 0 spiro atoms. The second-order valence-corrected chi connectivity index (χ2v) is 8.87. The van der Waals surface area contributed by atoms with E-state index in [9.17, 15) is 32.3 Å². The van der Waals surface area contributed by atoms with E-state index in [-0.39, 0.29) is 43.9 Å². The Balaban J connectivity index is 1.70. The number of aromatic nitrogens is 2. The van der Waals surface area contributed by atoms with Crippen molar-refractivity contribution in [2.45, 2.75) is 44.1 Å². The highest BCUT2D eigenvalue weighted by atomic mass is 19.4. The number of methoxy groups -OCH3 is 1. The molecular formula is C26H25F4N3O5. The summed E-state index contributed by atoms with van der Waals surface area (Å²) in [5, 5.41) is 13.4. The zero-order chi connectivity index (χ0) is 27.4. The molecule has 202 valence electrons. The van der Waals surface area contributed by atoms with Gasteiger partial charge in [-0.2, -0.15) is 18.3 Å². The van der Waals surface area contributed by atoms with Gasteiger partial charge in [0.2, 0.25) is 0 Å². The molecule has 1 saturated heterocycles. The Hall–Kier alpha value is -4.09. The molecule has 0 radical (unpaired) electrons. The minimum absolute atomic E-state index is 0.0175. The van der Waals surface area contributed by atoms with Gasteiger partial charge in [0.15, 0.2) is 11.6 Å². The summed E-state index contributed by atoms with van der Waals surface area (Å²) < 4.78 is 67.4. The molecule has 2 atom stereocenters. The second-order valence-electron chi connectivity index (χ2n) is 8.87. The van der Waals surface area contributed by atoms with Gasteiger partial charge in [-0.05, 0) is 36.2 Å². The van der Waals surface area contributed by atoms with Crippen LogP contribution in [0.25, 0.3) is 0 Å². The highest BCUT2D eigenvalue weighted by Crippen LogP contribution is 2.33. The Morgan fingerprint density at radius 1 is 1.16 bits per heavy atom. The molecule has 0 unspecified atom stereocenters. The van der Waals surface area contributed by atoms with Crippen molar-refractivity contribution in [2.75, 3.05) is 18.6 Å². The highest BCUT2D eigenvalue weighted by Gasteiger charge is 2.39. The fourth-order valence-corrected chi connectivity index (χ4v) is 4.41. The van der Waals surface area contributed by atoms with Crippen molar-refractivity contribution in [1.82, 2.24) is 9.78 Å². The number of rotatable bonds is 9. The molecule has 0 saturated carbocycles. The number of hydrogen-bond acceptors (Lipinski definition) is 6. The summed E-state index contributed by atoms with van der Waals surface area (Å²) in [5.74, 6) is -1.31. The van der Waals surface area contributed by atoms with E-state index in [0.717, 1.165) is 4.68 Å². The minimum atomic E-state index is -4.95. The number of benzene rings is 2. The second kappa shape index (κ2) is 11.1. The van der Waals surface area contributed by atoms with Gasteiger partial charge in [0.05, 0.1) is 20.2 Å². The van der Waals surface area contributed by atoms with E-state index in [2.05, 4.69) is 5.10 Å². The van der Waals surface area contributed by atoms with E-state index in [1.54, 1.807) is 30.3 Å². The van der Waals surface area contributed by atoms with Gasteiger partial charge in [0, 0.05) is 24.9 Å². The maximum Gasteiger partial charge on any atom is 0.421 e. The number of carboxylic acid groups (broad SMARTS) is 1. The molecular weight excluding hydrogens is 510 g/mol. The highest BCUT2D eigenvalue weighted by molar-refractivity contribution is 5.66. The molecule has 2 heterocycles. The lowest BCUT2D eigenvalue weighted by Gasteiger charge is -2.26. The predicted molar refractivity (Wildman–Crippen MR) is 129 cm³/mol. The summed E-state index contributed by atoms with van der Waals surface area (Å²) in [7, 11) is 1.47. The lowest BCUT2D eigenvalue weighted by Crippen LogP contribution is -2.37. The van der Waals surface area contributed by atoms with E-state index in [1.165, 1.54) is 30.2 Å². The van der Waals surface area contributed by atoms with Crippen LogP contribution in [0, 0.1) is 5.82 Å². The lowest BCUT2D eigenvalue weighted by atomic mass is 10.1. The van der Waals surface area contributed by atoms with Crippen LogP contribution in [0.15, 0.2) is 59.4 Å². The molecule has 8 nitrogen and oxygen atoms in total. The summed E-state index contributed by atoms with van der Waals surface area (Å²) in [6, 6.07) is 12.3. The molecule has 38 heavy (non-hydrogen) atoms. The van der Waals surface area contributed by atoms with E-state index in [1.807, 2.05) is 0 Å². The molecule has 1 N–H and O–H groups in total. The number of nitrogens with zero attached hydrogens (tertiary/aromatic N) is 3. The Labute approximate surface area is 215 Å². The standard InChI is InChI=1S/C26H25F4N3O5/c1-37-18-9-6-16(7-10-18)14-33-25(36)20(26(28,29)30)13-23(31-33)32-15-19(12-17(32)8-11-24(34)35)38-22-5-3-2-4-21(22)27/h2-7,9-10,13,17,19H,8,11-12,14-15H2,1H3,(H,34,35)/t17-,19-/m1/s1. The maximum atomic E-state index is 14.2. The van der Waals surface area contributed by atoms with Crippen LogP contribution in [0.2, 0.25) is 0 Å². The number of para-hydroxylation sites is 1. The zero-order valence-electron chi connectivity index (χ0n) is 20.3. The molecule has 12 heteroatoms. The Kier molecular flexibility index (Phi) is 7.88. The van der Waals surface area contributed by atoms with Crippen LogP contribution in [0.3, 0.4) is 0 Å². The van der Waals surface area contributed by atoms with Gasteiger partial charge < -0.3 is 19.5 Å². The monoisotopic (exact) mass is 535 g/mol. The topological polar surface area (TPSA) is 93.9 Å². The molecule has 2 aromatic carbocycles. The van der Waals surface area contributed by atoms with Crippen LogP contribution >= 0.6 is 0 Å². The first kappa shape index (κ1) is 27.0. The van der Waals surface area contributed by atoms with Crippen LogP contribution in [0.1, 0.15) is 30.4 Å². The van der Waals surface area contributed by atoms with E-state index < -0.39 is 41.2 Å². The molecule has 0 bridgehead atoms. The van der Waals surface area contributed by atoms with Gasteiger partial charge in [-0.1, -0.05) is 24.3 Å². The molecule has 1 aliphatic heterocycles. The third-order valence-electron chi connectivity index (χ3n) is 6.25. The van der Waals surface area contributed by atoms with Crippen LogP contribution in [0.4, 0.5) is 23.4 Å². The summed E-state index contributed by atoms with van der Waals surface area (Å²) >= 11 is 0. The van der Waals surface area contributed by atoms with Crippen molar-refractivity contribution in [3.8, 4) is 11.5 Å². The number of aliphatic carboxylic acids is 1. The molecule has 0 amide bonds. The summed E-state index contributed by atoms with van der Waals surface area (Å²) in [6.07, 6.45) is -5.53. The first-order chi connectivity index (χ1) is 18.0. The summed E-state index contributed by atoms with van der Waals surface area (Å²) in [5.41, 5.74) is -2.18. The van der Waals surface area contributed by atoms with Gasteiger partial charge in [-0.25, -0.2) is 9.07 Å². The lowest BCUT2D eigenvalue weighted by molar-refractivity contribution is -0.139. The fraction of sp³-hybridized carbons (Fsp3) is 0.346. The Morgan fingerprint density at radius 3 is 2.50 bits per heavy atom. The van der Waals surface area contributed by atoms with E-state index in [0.29, 0.717) is 17.4 Å². The van der Waals surface area contributed by atoms with Crippen molar-refractivity contribution in [3.05, 3.63) is 81.9 Å². The van der Waals surface area contributed by atoms with Gasteiger partial charge in [-0.3, -0.25) is 9.59 Å². The number of halogens is 4. The average Bonchev–Trinajstić information content (AvgIpc) is 3.27. The summed E-state index contributed by atoms with van der Waals surface area (Å²) in [4.78, 5) is 25.5. The van der Waals surface area contributed by atoms with Crippen molar-refractivity contribution in [1.29, 1.82) is 0 Å². The smallest absolute Gasteiger partial charge is 0.421 e. The van der Waals surface area contributed by atoms with Gasteiger partial charge in [0.25, 0.3) is 5.56 Å². The SMILES string of the molecule is COc1ccc(Cn2nc(N3C[C@H](Oc4ccccc4F)C[C@H]3CCC(=O)O)cc(C(F)(F)F)c2=O)cc1. The Bertz CT molecular complexity index is 1340. The minimum Gasteiger partial charge on any atom is -0.497 e. The fourth-order valence-electron chi connectivity index (χ4n) is 4.41. The maximum absolute atomic E-state index is 14.2. The number of carbonyl (C=O) groups is 1. The van der Waals surface area contributed by atoms with Crippen molar-refractivity contribution < 1.29 is 36.9 Å². The van der Waals surface area contributed by atoms with Crippen LogP contribution < -0.4 is 19.9 Å². The Morgan fingerprint density at radius 2 is 1.87 bits per heavy atom. The molecule has 0 aliphatic carbocycles. The normalized spacial score (nSPS) is 17.4. The van der Waals surface area contributed by atoms with Gasteiger partial charge in [-0.15, -0.1) is 0 Å². The van der Waals surface area contributed by atoms with Crippen LogP contribution in [-0.4, -0.2) is 46.7 Å². The molecule has 1 aromatic heterocycles. The van der Waals surface area contributed by atoms with E-state index in [4.69, 9.17) is 9.47 Å². The number of hydrogen-bond donors (Lipinski definition) is 1. The van der Waals surface area contributed by atoms with Gasteiger partial charge >= 0.3 is 12.1 Å². The van der Waals surface area contributed by atoms with Crippen molar-refractivity contribution in [3.63, 3.8) is 0 Å². The number of ether oxygens (including phenoxy) is 2. The third kappa shape index (κ3) is 6.24. The molecule has 1 fully saturated rings. The van der Waals surface area contributed by atoms with Crippen molar-refractivity contribution in [2.24, 2.45) is 0 Å². The average molecular weight is 535 g/mol. The quantitative estimate of drug-likeness (QED) is 0.407. The number of anilines is 1. The van der Waals surface area contributed by atoms with Gasteiger partial charge in [0.1, 0.15) is 23.2 Å². The third-order valence-corrected chi connectivity index (χ3v) is 6.25. The predicted octanol–water partition coefficient (Wildman–Crippen LogP) is 4.35. The first-order valence-electron chi connectivity index (χ1n) is 11.8. The van der Waals surface area contributed by atoms with E-state index >= 15 is 0 Å². The first-order valence-corrected chi connectivity index (χ1v) is 11.8. The van der Waals surface area contributed by atoms with Crippen LogP contribution in [0.5, 0.6) is 11.5 Å². The largest absolute Gasteiger partial charge is 0.497 e.